The highest BCUT2D eigenvalue weighted by molar-refractivity contribution is 7.13. The molecule has 0 saturated carbocycles. The Hall–Kier alpha value is -3.32. The molecular weight excluding hydrogens is 368 g/mol. The van der Waals surface area contributed by atoms with E-state index in [1.807, 2.05) is 47.8 Å². The van der Waals surface area contributed by atoms with Crippen LogP contribution in [0.1, 0.15) is 10.4 Å². The van der Waals surface area contributed by atoms with Crippen LogP contribution in [0.5, 0.6) is 0 Å². The summed E-state index contributed by atoms with van der Waals surface area (Å²) in [5, 5.41) is 8.91. The van der Waals surface area contributed by atoms with E-state index < -0.39 is 17.5 Å². The lowest BCUT2D eigenvalue weighted by molar-refractivity contribution is 0.102. The van der Waals surface area contributed by atoms with Crippen LogP contribution in [0.3, 0.4) is 0 Å². The van der Waals surface area contributed by atoms with Crippen LogP contribution >= 0.6 is 11.3 Å². The predicted molar refractivity (Wildman–Crippen MR) is 101 cm³/mol. The molecule has 1 N–H and O–H groups in total. The van der Waals surface area contributed by atoms with Crippen molar-refractivity contribution in [1.29, 1.82) is 0 Å². The fourth-order valence-corrected chi connectivity index (χ4v) is 3.35. The van der Waals surface area contributed by atoms with Crippen molar-refractivity contribution >= 4 is 22.9 Å². The molecule has 0 aliphatic carbocycles. The molecule has 0 aliphatic rings. The number of anilines is 1. The molecule has 0 radical (unpaired) electrons. The average Bonchev–Trinajstić information content (AvgIpc) is 3.34. The normalized spacial score (nSPS) is 10.7. The minimum Gasteiger partial charge on any atom is -0.319 e. The molecule has 4 aromatic rings. The van der Waals surface area contributed by atoms with Crippen molar-refractivity contribution in [1.82, 2.24) is 9.78 Å². The van der Waals surface area contributed by atoms with Gasteiger partial charge in [0.1, 0.15) is 17.3 Å². The van der Waals surface area contributed by atoms with E-state index in [-0.39, 0.29) is 5.69 Å². The van der Waals surface area contributed by atoms with E-state index in [2.05, 4.69) is 10.4 Å². The molecular formula is C20H13F2N3OS. The van der Waals surface area contributed by atoms with Gasteiger partial charge in [0.2, 0.25) is 0 Å². The number of benzene rings is 2. The number of carbonyl (C=O) groups is 1. The third-order valence-corrected chi connectivity index (χ3v) is 4.79. The van der Waals surface area contributed by atoms with Gasteiger partial charge in [-0.15, -0.1) is 11.3 Å². The quantitative estimate of drug-likeness (QED) is 0.533. The van der Waals surface area contributed by atoms with Gasteiger partial charge in [-0.2, -0.15) is 5.10 Å². The molecule has 0 unspecified atom stereocenters. The summed E-state index contributed by atoms with van der Waals surface area (Å²) in [6.07, 6.45) is 1.60. The molecule has 2 heterocycles. The number of nitrogens with zero attached hydrogens (tertiary/aromatic N) is 2. The zero-order chi connectivity index (χ0) is 18.8. The Labute approximate surface area is 157 Å². The van der Waals surface area contributed by atoms with E-state index in [9.17, 15) is 13.6 Å². The van der Waals surface area contributed by atoms with Crippen LogP contribution in [0.2, 0.25) is 0 Å². The summed E-state index contributed by atoms with van der Waals surface area (Å²) in [6.45, 7) is 0. The number of hydrogen-bond donors (Lipinski definition) is 1. The molecule has 0 atom stereocenters. The maximum atomic E-state index is 13.9. The van der Waals surface area contributed by atoms with Crippen molar-refractivity contribution in [2.75, 3.05) is 5.32 Å². The highest BCUT2D eigenvalue weighted by Crippen LogP contribution is 2.28. The SMILES string of the molecule is O=C(Nc1ccc(F)cc1F)c1cn(-c2ccccc2)nc1-c1cccs1. The van der Waals surface area contributed by atoms with E-state index in [0.717, 1.165) is 22.7 Å². The molecule has 2 aromatic carbocycles. The van der Waals surface area contributed by atoms with Crippen molar-refractivity contribution < 1.29 is 13.6 Å². The second-order valence-electron chi connectivity index (χ2n) is 5.73. The van der Waals surface area contributed by atoms with Gasteiger partial charge < -0.3 is 5.32 Å². The minimum absolute atomic E-state index is 0.0917. The molecule has 2 aromatic heterocycles. The largest absolute Gasteiger partial charge is 0.319 e. The number of nitrogens with one attached hydrogen (secondary N) is 1. The van der Waals surface area contributed by atoms with Crippen molar-refractivity contribution in [3.63, 3.8) is 0 Å². The molecule has 0 fully saturated rings. The van der Waals surface area contributed by atoms with E-state index in [4.69, 9.17) is 0 Å². The van der Waals surface area contributed by atoms with Crippen LogP contribution in [0.4, 0.5) is 14.5 Å². The summed E-state index contributed by atoms with van der Waals surface area (Å²) < 4.78 is 28.6. The summed E-state index contributed by atoms with van der Waals surface area (Å²) in [5.41, 5.74) is 1.49. The Kier molecular flexibility index (Phi) is 4.52. The summed E-state index contributed by atoms with van der Waals surface area (Å²) in [6, 6.07) is 16.1. The van der Waals surface area contributed by atoms with Crippen molar-refractivity contribution in [3.05, 3.63) is 89.4 Å². The zero-order valence-corrected chi connectivity index (χ0v) is 14.7. The molecule has 0 saturated heterocycles. The van der Waals surface area contributed by atoms with Gasteiger partial charge in [-0.05, 0) is 35.7 Å². The smallest absolute Gasteiger partial charge is 0.259 e. The maximum Gasteiger partial charge on any atom is 0.259 e. The lowest BCUT2D eigenvalue weighted by Gasteiger charge is -2.06. The lowest BCUT2D eigenvalue weighted by atomic mass is 10.2. The van der Waals surface area contributed by atoms with E-state index in [1.165, 1.54) is 17.4 Å². The topological polar surface area (TPSA) is 46.9 Å². The van der Waals surface area contributed by atoms with Crippen molar-refractivity contribution in [2.45, 2.75) is 0 Å². The molecule has 27 heavy (non-hydrogen) atoms. The second kappa shape index (κ2) is 7.13. The average molecular weight is 381 g/mol. The predicted octanol–water partition coefficient (Wildman–Crippen LogP) is 5.13. The van der Waals surface area contributed by atoms with Gasteiger partial charge in [-0.1, -0.05) is 24.3 Å². The zero-order valence-electron chi connectivity index (χ0n) is 13.9. The first-order chi connectivity index (χ1) is 13.1. The Bertz CT molecular complexity index is 1090. The summed E-state index contributed by atoms with van der Waals surface area (Å²) in [7, 11) is 0. The van der Waals surface area contributed by atoms with Crippen LogP contribution in [-0.4, -0.2) is 15.7 Å². The maximum absolute atomic E-state index is 13.9. The first kappa shape index (κ1) is 17.1. The number of hydrogen-bond acceptors (Lipinski definition) is 3. The van der Waals surface area contributed by atoms with Gasteiger partial charge in [-0.25, -0.2) is 13.5 Å². The standard InChI is InChI=1S/C20H13F2N3OS/c21-13-8-9-17(16(22)11-13)23-20(26)15-12-25(14-5-2-1-3-6-14)24-19(15)18-7-4-10-27-18/h1-12H,(H,23,26). The number of rotatable bonds is 4. The van der Waals surface area contributed by atoms with Crippen LogP contribution in [0.15, 0.2) is 72.2 Å². The highest BCUT2D eigenvalue weighted by Gasteiger charge is 2.20. The van der Waals surface area contributed by atoms with Crippen molar-refractivity contribution in [3.8, 4) is 16.3 Å². The first-order valence-electron chi connectivity index (χ1n) is 8.07. The van der Waals surface area contributed by atoms with Gasteiger partial charge >= 0.3 is 0 Å². The Morgan fingerprint density at radius 3 is 2.56 bits per heavy atom. The number of para-hydroxylation sites is 1. The summed E-state index contributed by atoms with van der Waals surface area (Å²) >= 11 is 1.45. The summed E-state index contributed by atoms with van der Waals surface area (Å²) in [5.74, 6) is -2.07. The molecule has 4 rings (SSSR count). The number of amides is 1. The summed E-state index contributed by atoms with van der Waals surface area (Å²) in [4.78, 5) is 13.6. The van der Waals surface area contributed by atoms with Crippen LogP contribution in [-0.2, 0) is 0 Å². The molecule has 0 bridgehead atoms. The molecule has 0 spiro atoms. The van der Waals surface area contributed by atoms with Crippen LogP contribution in [0.25, 0.3) is 16.3 Å². The molecule has 7 heteroatoms. The fourth-order valence-electron chi connectivity index (χ4n) is 2.63. The van der Waals surface area contributed by atoms with Gasteiger partial charge in [0.05, 0.1) is 21.8 Å². The van der Waals surface area contributed by atoms with Gasteiger partial charge in [0, 0.05) is 12.3 Å². The number of thiophene rings is 1. The van der Waals surface area contributed by atoms with Gasteiger partial charge in [-0.3, -0.25) is 4.79 Å². The number of aromatic nitrogens is 2. The second-order valence-corrected chi connectivity index (χ2v) is 6.67. The van der Waals surface area contributed by atoms with E-state index in [0.29, 0.717) is 11.3 Å². The molecule has 134 valence electrons. The van der Waals surface area contributed by atoms with E-state index in [1.54, 1.807) is 10.9 Å². The molecule has 0 aliphatic heterocycles. The number of carbonyl (C=O) groups excluding carboxylic acids is 1. The fraction of sp³-hybridized carbons (Fsp3) is 0. The lowest BCUT2D eigenvalue weighted by Crippen LogP contribution is -2.13. The molecule has 4 nitrogen and oxygen atoms in total. The Morgan fingerprint density at radius 2 is 1.85 bits per heavy atom. The van der Waals surface area contributed by atoms with Crippen LogP contribution in [0, 0.1) is 11.6 Å². The van der Waals surface area contributed by atoms with Gasteiger partial charge in [0.25, 0.3) is 5.91 Å². The molecule has 1 amide bonds. The Balaban J connectivity index is 1.74. The van der Waals surface area contributed by atoms with E-state index >= 15 is 0 Å². The highest BCUT2D eigenvalue weighted by atomic mass is 32.1. The monoisotopic (exact) mass is 381 g/mol. The van der Waals surface area contributed by atoms with Crippen molar-refractivity contribution in [2.24, 2.45) is 0 Å². The third-order valence-electron chi connectivity index (χ3n) is 3.91. The minimum atomic E-state index is -0.837. The first-order valence-corrected chi connectivity index (χ1v) is 8.95. The number of halogens is 2. The third kappa shape index (κ3) is 3.50. The van der Waals surface area contributed by atoms with Crippen LogP contribution < -0.4 is 5.32 Å². The van der Waals surface area contributed by atoms with Gasteiger partial charge in [0.15, 0.2) is 0 Å². The Morgan fingerprint density at radius 1 is 1.04 bits per heavy atom.